The highest BCUT2D eigenvalue weighted by Gasteiger charge is 2.31. The molecule has 0 atom stereocenters. The van der Waals surface area contributed by atoms with E-state index in [4.69, 9.17) is 4.74 Å². The lowest BCUT2D eigenvalue weighted by Gasteiger charge is -2.07. The van der Waals surface area contributed by atoms with E-state index >= 15 is 0 Å². The van der Waals surface area contributed by atoms with E-state index in [1.165, 1.54) is 24.3 Å². The average molecular weight is 336 g/mol. The van der Waals surface area contributed by atoms with Gasteiger partial charge in [0, 0.05) is 17.0 Å². The van der Waals surface area contributed by atoms with Crippen molar-refractivity contribution in [1.29, 1.82) is 0 Å². The van der Waals surface area contributed by atoms with E-state index in [9.17, 15) is 18.0 Å². The summed E-state index contributed by atoms with van der Waals surface area (Å²) in [6.45, 7) is 1.23. The van der Waals surface area contributed by atoms with Gasteiger partial charge in [-0.1, -0.05) is 30.3 Å². The number of esters is 1. The van der Waals surface area contributed by atoms with Crippen LogP contribution in [-0.4, -0.2) is 5.97 Å². The maximum atomic E-state index is 12.9. The van der Waals surface area contributed by atoms with Crippen LogP contribution in [0.1, 0.15) is 12.5 Å². The first-order valence-electron chi connectivity index (χ1n) is 6.74. The fraction of sp³-hybridized carbons (Fsp3) is 0.118. The summed E-state index contributed by atoms with van der Waals surface area (Å²) in [7, 11) is 0. The SMILES string of the molecule is CC(=O)Oc1c(-c2ccccc2)sc2ccc(C(F)(F)F)cc12. The Kier molecular flexibility index (Phi) is 3.85. The van der Waals surface area contributed by atoms with E-state index in [0.29, 0.717) is 15.0 Å². The predicted molar refractivity (Wildman–Crippen MR) is 83.6 cm³/mol. The molecule has 0 aliphatic heterocycles. The minimum Gasteiger partial charge on any atom is -0.424 e. The van der Waals surface area contributed by atoms with E-state index in [0.717, 1.165) is 17.7 Å². The second-order valence-electron chi connectivity index (χ2n) is 4.93. The molecule has 0 saturated heterocycles. The second kappa shape index (κ2) is 5.70. The highest BCUT2D eigenvalue weighted by atomic mass is 32.1. The number of benzene rings is 2. The van der Waals surface area contributed by atoms with Gasteiger partial charge >= 0.3 is 12.1 Å². The Labute approximate surface area is 134 Å². The van der Waals surface area contributed by atoms with Crippen molar-refractivity contribution < 1.29 is 22.7 Å². The number of hydrogen-bond acceptors (Lipinski definition) is 3. The van der Waals surface area contributed by atoms with Crippen LogP contribution in [0.15, 0.2) is 48.5 Å². The molecule has 118 valence electrons. The Hall–Kier alpha value is -2.34. The molecular formula is C17H11F3O2S. The minimum atomic E-state index is -4.45. The third-order valence-electron chi connectivity index (χ3n) is 3.25. The van der Waals surface area contributed by atoms with Crippen LogP contribution in [0.2, 0.25) is 0 Å². The number of halogens is 3. The van der Waals surface area contributed by atoms with Gasteiger partial charge in [-0.05, 0) is 23.8 Å². The van der Waals surface area contributed by atoms with Gasteiger partial charge in [0.25, 0.3) is 0 Å². The van der Waals surface area contributed by atoms with Crippen molar-refractivity contribution in [2.75, 3.05) is 0 Å². The highest BCUT2D eigenvalue weighted by Crippen LogP contribution is 2.46. The Bertz CT molecular complexity index is 867. The molecule has 0 spiro atoms. The largest absolute Gasteiger partial charge is 0.424 e. The average Bonchev–Trinajstić information content (AvgIpc) is 2.85. The highest BCUT2D eigenvalue weighted by molar-refractivity contribution is 7.22. The fourth-order valence-corrected chi connectivity index (χ4v) is 3.39. The number of hydrogen-bond donors (Lipinski definition) is 0. The lowest BCUT2D eigenvalue weighted by Crippen LogP contribution is -2.05. The molecule has 0 saturated carbocycles. The molecule has 2 nitrogen and oxygen atoms in total. The van der Waals surface area contributed by atoms with Crippen molar-refractivity contribution in [3.05, 3.63) is 54.1 Å². The Balaban J connectivity index is 2.26. The van der Waals surface area contributed by atoms with E-state index < -0.39 is 17.7 Å². The molecule has 6 heteroatoms. The van der Waals surface area contributed by atoms with Gasteiger partial charge in [-0.25, -0.2) is 0 Å². The van der Waals surface area contributed by atoms with Gasteiger partial charge in [0.15, 0.2) is 5.75 Å². The minimum absolute atomic E-state index is 0.176. The molecule has 0 aliphatic carbocycles. The van der Waals surface area contributed by atoms with E-state index in [1.807, 2.05) is 30.3 Å². The van der Waals surface area contributed by atoms with E-state index in [2.05, 4.69) is 0 Å². The van der Waals surface area contributed by atoms with Crippen LogP contribution in [0.4, 0.5) is 13.2 Å². The van der Waals surface area contributed by atoms with Crippen LogP contribution in [-0.2, 0) is 11.0 Å². The molecule has 0 radical (unpaired) electrons. The molecule has 2 aromatic carbocycles. The lowest BCUT2D eigenvalue weighted by molar-refractivity contribution is -0.137. The van der Waals surface area contributed by atoms with Crippen molar-refractivity contribution in [3.8, 4) is 16.2 Å². The number of fused-ring (bicyclic) bond motifs is 1. The number of carbonyl (C=O) groups excluding carboxylic acids is 1. The number of rotatable bonds is 2. The predicted octanol–water partition coefficient (Wildman–Crippen LogP) is 5.51. The topological polar surface area (TPSA) is 26.3 Å². The summed E-state index contributed by atoms with van der Waals surface area (Å²) in [5.41, 5.74) is 0.0225. The molecular weight excluding hydrogens is 325 g/mol. The summed E-state index contributed by atoms with van der Waals surface area (Å²) in [6.07, 6.45) is -4.45. The second-order valence-corrected chi connectivity index (χ2v) is 5.98. The molecule has 23 heavy (non-hydrogen) atoms. The van der Waals surface area contributed by atoms with E-state index in [1.54, 1.807) is 0 Å². The maximum absolute atomic E-state index is 12.9. The molecule has 3 rings (SSSR count). The van der Waals surface area contributed by atoms with Crippen LogP contribution in [0.25, 0.3) is 20.5 Å². The van der Waals surface area contributed by atoms with Gasteiger partial charge in [-0.15, -0.1) is 11.3 Å². The summed E-state index contributed by atoms with van der Waals surface area (Å²) in [5, 5.41) is 0.291. The summed E-state index contributed by atoms with van der Waals surface area (Å²) in [6, 6.07) is 12.6. The van der Waals surface area contributed by atoms with Crippen LogP contribution in [0.5, 0.6) is 5.75 Å². The van der Waals surface area contributed by atoms with Crippen molar-refractivity contribution >= 4 is 27.4 Å². The van der Waals surface area contributed by atoms with Gasteiger partial charge in [0.2, 0.25) is 0 Å². The molecule has 0 aliphatic rings. The molecule has 0 N–H and O–H groups in total. The first-order chi connectivity index (χ1) is 10.9. The Morgan fingerprint density at radius 3 is 2.39 bits per heavy atom. The molecule has 0 amide bonds. The maximum Gasteiger partial charge on any atom is 0.416 e. The van der Waals surface area contributed by atoms with Gasteiger partial charge < -0.3 is 4.74 Å². The van der Waals surface area contributed by atoms with Crippen LogP contribution >= 0.6 is 11.3 Å². The van der Waals surface area contributed by atoms with Crippen molar-refractivity contribution in [2.45, 2.75) is 13.1 Å². The van der Waals surface area contributed by atoms with Crippen molar-refractivity contribution in [1.82, 2.24) is 0 Å². The summed E-state index contributed by atoms with van der Waals surface area (Å²) < 4.78 is 44.7. The molecule has 0 fully saturated rings. The monoisotopic (exact) mass is 336 g/mol. The third-order valence-corrected chi connectivity index (χ3v) is 4.45. The summed E-state index contributed by atoms with van der Waals surface area (Å²) in [5.74, 6) is -0.394. The molecule has 3 aromatic rings. The normalized spacial score (nSPS) is 11.7. The van der Waals surface area contributed by atoms with Gasteiger partial charge in [0.05, 0.1) is 10.4 Å². The quantitative estimate of drug-likeness (QED) is 0.577. The summed E-state index contributed by atoms with van der Waals surface area (Å²) in [4.78, 5) is 12.0. The Morgan fingerprint density at radius 2 is 1.78 bits per heavy atom. The fourth-order valence-electron chi connectivity index (χ4n) is 2.28. The molecule has 1 heterocycles. The first-order valence-corrected chi connectivity index (χ1v) is 7.55. The first kappa shape index (κ1) is 15.6. The van der Waals surface area contributed by atoms with Crippen LogP contribution in [0, 0.1) is 0 Å². The van der Waals surface area contributed by atoms with Crippen LogP contribution < -0.4 is 4.74 Å². The van der Waals surface area contributed by atoms with Crippen LogP contribution in [0.3, 0.4) is 0 Å². The van der Waals surface area contributed by atoms with Gasteiger partial charge in [0.1, 0.15) is 0 Å². The van der Waals surface area contributed by atoms with Crippen molar-refractivity contribution in [3.63, 3.8) is 0 Å². The number of thiophene rings is 1. The van der Waals surface area contributed by atoms with Crippen molar-refractivity contribution in [2.24, 2.45) is 0 Å². The Morgan fingerprint density at radius 1 is 1.09 bits per heavy atom. The van der Waals surface area contributed by atoms with Gasteiger partial charge in [-0.3, -0.25) is 4.79 Å². The third kappa shape index (κ3) is 3.07. The van der Waals surface area contributed by atoms with Gasteiger partial charge in [-0.2, -0.15) is 13.2 Å². The standard InChI is InChI=1S/C17H11F3O2S/c1-10(21)22-15-13-9-12(17(18,19)20)7-8-14(13)23-16(15)11-5-3-2-4-6-11/h2-9H,1H3. The zero-order chi connectivity index (χ0) is 16.6. The zero-order valence-electron chi connectivity index (χ0n) is 12.0. The zero-order valence-corrected chi connectivity index (χ0v) is 12.8. The molecule has 0 bridgehead atoms. The number of alkyl halides is 3. The molecule has 0 unspecified atom stereocenters. The lowest BCUT2D eigenvalue weighted by atomic mass is 10.1. The number of ether oxygens (including phenoxy) is 1. The number of carbonyl (C=O) groups is 1. The molecule has 1 aromatic heterocycles. The smallest absolute Gasteiger partial charge is 0.416 e. The van der Waals surface area contributed by atoms with E-state index in [-0.39, 0.29) is 5.75 Å². The summed E-state index contributed by atoms with van der Waals surface area (Å²) >= 11 is 1.29.